The third kappa shape index (κ3) is 2.51. The second-order valence-electron chi connectivity index (χ2n) is 6.11. The van der Waals surface area contributed by atoms with Crippen molar-refractivity contribution >= 4 is 16.9 Å². The monoisotopic (exact) mass is 324 g/mol. The Hall–Kier alpha value is -2.51. The lowest BCUT2D eigenvalue weighted by molar-refractivity contribution is 0.282. The van der Waals surface area contributed by atoms with Crippen molar-refractivity contribution < 1.29 is 5.11 Å². The molecule has 1 saturated heterocycles. The Balaban J connectivity index is 1.87. The molecule has 7 heteroatoms. The van der Waals surface area contributed by atoms with Crippen LogP contribution in [-0.4, -0.2) is 37.9 Å². The highest BCUT2D eigenvalue weighted by Crippen LogP contribution is 2.32. The van der Waals surface area contributed by atoms with Gasteiger partial charge in [0.2, 0.25) is 0 Å². The first-order valence-electron chi connectivity index (χ1n) is 8.17. The van der Waals surface area contributed by atoms with Crippen LogP contribution in [0.5, 0.6) is 0 Å². The summed E-state index contributed by atoms with van der Waals surface area (Å²) in [6.07, 6.45) is 3.68. The van der Waals surface area contributed by atoms with Crippen LogP contribution in [-0.2, 0) is 6.61 Å². The Morgan fingerprint density at radius 1 is 1.25 bits per heavy atom. The highest BCUT2D eigenvalue weighted by Gasteiger charge is 2.23. The van der Waals surface area contributed by atoms with Crippen molar-refractivity contribution in [2.45, 2.75) is 25.5 Å². The minimum Gasteiger partial charge on any atom is -0.392 e. The van der Waals surface area contributed by atoms with Crippen LogP contribution in [0.4, 0.5) is 5.82 Å². The van der Waals surface area contributed by atoms with Crippen molar-refractivity contribution in [1.29, 1.82) is 0 Å². The van der Waals surface area contributed by atoms with E-state index in [4.69, 9.17) is 10.8 Å². The molecule has 24 heavy (non-hydrogen) atoms. The molecule has 2 aromatic heterocycles. The number of piperidine rings is 1. The smallest absolute Gasteiger partial charge is 0.164 e. The van der Waals surface area contributed by atoms with Gasteiger partial charge >= 0.3 is 0 Å². The van der Waals surface area contributed by atoms with E-state index in [0.717, 1.165) is 53.8 Å². The number of nitrogen functional groups attached to an aromatic ring is 1. The van der Waals surface area contributed by atoms with Gasteiger partial charge in [-0.3, -0.25) is 0 Å². The number of anilines is 1. The molecule has 1 aromatic carbocycles. The van der Waals surface area contributed by atoms with E-state index in [0.29, 0.717) is 5.82 Å². The van der Waals surface area contributed by atoms with Crippen molar-refractivity contribution in [3.63, 3.8) is 0 Å². The number of benzene rings is 1. The number of rotatable bonds is 3. The number of nitrogens with zero attached hydrogens (tertiary/aromatic N) is 4. The van der Waals surface area contributed by atoms with Crippen LogP contribution in [0.2, 0.25) is 0 Å². The highest BCUT2D eigenvalue weighted by atomic mass is 16.3. The van der Waals surface area contributed by atoms with Gasteiger partial charge in [0.1, 0.15) is 17.8 Å². The van der Waals surface area contributed by atoms with Crippen molar-refractivity contribution in [2.24, 2.45) is 0 Å². The van der Waals surface area contributed by atoms with Crippen LogP contribution in [0.3, 0.4) is 0 Å². The number of nitrogens with one attached hydrogen (secondary N) is 1. The van der Waals surface area contributed by atoms with E-state index < -0.39 is 0 Å². The fraction of sp³-hybridized carbons (Fsp3) is 0.353. The van der Waals surface area contributed by atoms with Crippen LogP contribution in [0.1, 0.15) is 24.4 Å². The second-order valence-corrected chi connectivity index (χ2v) is 6.11. The summed E-state index contributed by atoms with van der Waals surface area (Å²) in [6.45, 7) is 1.94. The van der Waals surface area contributed by atoms with E-state index in [2.05, 4.69) is 15.3 Å². The number of aliphatic hydroxyl groups is 1. The summed E-state index contributed by atoms with van der Waals surface area (Å²) in [5, 5.41) is 18.3. The third-order valence-electron chi connectivity index (χ3n) is 4.54. The molecular formula is C17H20N6O. The molecule has 0 bridgehead atoms. The summed E-state index contributed by atoms with van der Waals surface area (Å²) in [7, 11) is 0. The second kappa shape index (κ2) is 6.18. The zero-order valence-electron chi connectivity index (χ0n) is 13.3. The van der Waals surface area contributed by atoms with E-state index in [-0.39, 0.29) is 12.6 Å². The Kier molecular flexibility index (Phi) is 3.87. The maximum absolute atomic E-state index is 9.22. The van der Waals surface area contributed by atoms with E-state index in [1.165, 1.54) is 6.33 Å². The van der Waals surface area contributed by atoms with Crippen molar-refractivity contribution in [2.75, 3.05) is 18.8 Å². The average Bonchev–Trinajstić information content (AvgIpc) is 3.04. The Morgan fingerprint density at radius 3 is 2.79 bits per heavy atom. The molecule has 3 aromatic rings. The third-order valence-corrected chi connectivity index (χ3v) is 4.54. The van der Waals surface area contributed by atoms with Gasteiger partial charge in [0.15, 0.2) is 5.65 Å². The van der Waals surface area contributed by atoms with Crippen LogP contribution in [0, 0.1) is 0 Å². The zero-order valence-corrected chi connectivity index (χ0v) is 13.3. The molecule has 0 saturated carbocycles. The van der Waals surface area contributed by atoms with Crippen molar-refractivity contribution in [3.05, 3.63) is 36.2 Å². The summed E-state index contributed by atoms with van der Waals surface area (Å²) in [5.41, 5.74) is 9.51. The molecular weight excluding hydrogens is 304 g/mol. The lowest BCUT2D eigenvalue weighted by Gasteiger charge is -2.23. The molecule has 1 atom stereocenters. The largest absolute Gasteiger partial charge is 0.392 e. The topological polar surface area (TPSA) is 102 Å². The molecule has 0 unspecified atom stereocenters. The van der Waals surface area contributed by atoms with Crippen LogP contribution < -0.4 is 11.1 Å². The van der Waals surface area contributed by atoms with E-state index in [9.17, 15) is 5.11 Å². The fourth-order valence-electron chi connectivity index (χ4n) is 3.26. The lowest BCUT2D eigenvalue weighted by Crippen LogP contribution is -2.32. The number of aliphatic hydroxyl groups excluding tert-OH is 1. The summed E-state index contributed by atoms with van der Waals surface area (Å²) < 4.78 is 1.98. The van der Waals surface area contributed by atoms with Crippen molar-refractivity contribution in [1.82, 2.24) is 25.1 Å². The van der Waals surface area contributed by atoms with Gasteiger partial charge in [0, 0.05) is 12.1 Å². The normalized spacial score (nSPS) is 18.1. The minimum absolute atomic E-state index is 0.0223. The first-order chi connectivity index (χ1) is 11.8. The van der Waals surface area contributed by atoms with Crippen LogP contribution >= 0.6 is 0 Å². The lowest BCUT2D eigenvalue weighted by atomic mass is 10.1. The van der Waals surface area contributed by atoms with E-state index >= 15 is 0 Å². The predicted molar refractivity (Wildman–Crippen MR) is 92.2 cm³/mol. The highest BCUT2D eigenvalue weighted by molar-refractivity contribution is 5.98. The maximum Gasteiger partial charge on any atom is 0.164 e. The summed E-state index contributed by atoms with van der Waals surface area (Å²) in [4.78, 5) is 8.58. The number of nitrogens with two attached hydrogens (primary N) is 1. The van der Waals surface area contributed by atoms with Gasteiger partial charge in [-0.2, -0.15) is 5.10 Å². The molecule has 0 aliphatic carbocycles. The molecule has 7 nitrogen and oxygen atoms in total. The summed E-state index contributed by atoms with van der Waals surface area (Å²) >= 11 is 0. The molecule has 0 radical (unpaired) electrons. The van der Waals surface area contributed by atoms with Crippen molar-refractivity contribution in [3.8, 4) is 11.3 Å². The molecule has 0 amide bonds. The van der Waals surface area contributed by atoms with Gasteiger partial charge in [-0.25, -0.2) is 14.6 Å². The molecule has 0 spiro atoms. The van der Waals surface area contributed by atoms with E-state index in [1.807, 2.05) is 28.9 Å². The van der Waals surface area contributed by atoms with Crippen LogP contribution in [0.25, 0.3) is 22.3 Å². The maximum atomic E-state index is 9.22. The number of fused-ring (bicyclic) bond motifs is 1. The summed E-state index contributed by atoms with van der Waals surface area (Å²) in [5.74, 6) is 0.441. The fourth-order valence-corrected chi connectivity index (χ4v) is 3.26. The average molecular weight is 324 g/mol. The molecule has 4 N–H and O–H groups in total. The zero-order chi connectivity index (χ0) is 16.5. The molecule has 124 valence electrons. The minimum atomic E-state index is 0.0223. The summed E-state index contributed by atoms with van der Waals surface area (Å²) in [6, 6.07) is 7.94. The first kappa shape index (κ1) is 15.0. The number of aromatic nitrogens is 4. The standard InChI is InChI=1S/C17H20N6O/c18-16-14-15(12-5-3-11(9-24)4-6-12)22-23(17(14)21-10-20-16)13-2-1-7-19-8-13/h3-6,10,13,19,24H,1-2,7-9H2,(H2,18,20,21)/t13-/m1/s1. The number of hydrogen-bond donors (Lipinski definition) is 3. The molecule has 4 rings (SSSR count). The van der Waals surface area contributed by atoms with Gasteiger partial charge < -0.3 is 16.2 Å². The predicted octanol–water partition coefficient (Wildman–Crippen LogP) is 1.49. The molecule has 1 aliphatic heterocycles. The first-order valence-corrected chi connectivity index (χ1v) is 8.17. The number of hydrogen-bond acceptors (Lipinski definition) is 6. The van der Waals surface area contributed by atoms with Gasteiger partial charge in [0.25, 0.3) is 0 Å². The van der Waals surface area contributed by atoms with Gasteiger partial charge in [-0.15, -0.1) is 0 Å². The van der Waals surface area contributed by atoms with Gasteiger partial charge in [-0.05, 0) is 24.9 Å². The SMILES string of the molecule is Nc1ncnc2c1c(-c1ccc(CO)cc1)nn2[C@@H]1CCCNC1. The van der Waals surface area contributed by atoms with E-state index in [1.54, 1.807) is 0 Å². The quantitative estimate of drug-likeness (QED) is 0.675. The Labute approximate surface area is 139 Å². The van der Waals surface area contributed by atoms with Gasteiger partial charge in [0.05, 0.1) is 18.0 Å². The Morgan fingerprint density at radius 2 is 2.08 bits per heavy atom. The molecule has 3 heterocycles. The molecule has 1 fully saturated rings. The van der Waals surface area contributed by atoms with Gasteiger partial charge in [-0.1, -0.05) is 24.3 Å². The Bertz CT molecular complexity index is 851. The van der Waals surface area contributed by atoms with Crippen LogP contribution in [0.15, 0.2) is 30.6 Å². The molecule has 1 aliphatic rings.